The zero-order valence-electron chi connectivity index (χ0n) is 19.3. The number of aromatic nitrogens is 2. The molecule has 0 spiro atoms. The number of hydrogen-bond acceptors (Lipinski definition) is 4. The molecule has 3 aromatic rings. The van der Waals surface area contributed by atoms with Gasteiger partial charge in [-0.2, -0.15) is 0 Å². The quantitative estimate of drug-likeness (QED) is 0.263. The van der Waals surface area contributed by atoms with Crippen LogP contribution in [0.3, 0.4) is 0 Å². The predicted molar refractivity (Wildman–Crippen MR) is 137 cm³/mol. The molecule has 0 saturated heterocycles. The first-order valence-electron chi connectivity index (χ1n) is 10.9. The number of hydrogen-bond donors (Lipinski definition) is 2. The fourth-order valence-electron chi connectivity index (χ4n) is 4.27. The van der Waals surface area contributed by atoms with E-state index in [1.807, 2.05) is 18.2 Å². The maximum absolute atomic E-state index is 15.1. The predicted octanol–water partition coefficient (Wildman–Crippen LogP) is 2.42. The SMILES string of the molecule is BC[C@@](/N=C(\C)N)(c1cc(Nc2nccc3cc(C#C)cnc23)cc(F)c1B)[C@@H](C)CC. The molecule has 3 N–H and O–H groups in total. The molecular formula is C24H28B2FN5. The Morgan fingerprint density at radius 1 is 1.38 bits per heavy atom. The van der Waals surface area contributed by atoms with E-state index in [0.29, 0.717) is 40.2 Å². The summed E-state index contributed by atoms with van der Waals surface area (Å²) < 4.78 is 15.1. The standard InChI is InChI=1S/C24H28B2FN5/c1-5-14(3)24(13-25,32-15(4)28)19-10-18(11-20(27)21(19)26)31-23-22-17(7-8-29-23)9-16(6-2)12-30-22/h2,7-12,14H,5,13,25-26H2,1,3-4H3,(H2,28,32)(H,29,31)/t14-,24-/m0/s1. The summed E-state index contributed by atoms with van der Waals surface area (Å²) in [5.74, 6) is 3.46. The molecule has 5 nitrogen and oxygen atoms in total. The Bertz CT molecular complexity index is 1220. The fourth-order valence-corrected chi connectivity index (χ4v) is 4.27. The maximum atomic E-state index is 15.1. The molecule has 0 bridgehead atoms. The van der Waals surface area contributed by atoms with Gasteiger partial charge in [-0.3, -0.25) is 9.98 Å². The van der Waals surface area contributed by atoms with Crippen molar-refractivity contribution in [2.45, 2.75) is 39.1 Å². The van der Waals surface area contributed by atoms with Crippen molar-refractivity contribution >= 4 is 49.4 Å². The second-order valence-electron chi connectivity index (χ2n) is 8.20. The van der Waals surface area contributed by atoms with Gasteiger partial charge >= 0.3 is 0 Å². The highest BCUT2D eigenvalue weighted by molar-refractivity contribution is 6.34. The number of rotatable bonds is 7. The Hall–Kier alpha value is -3.33. The molecule has 0 saturated carbocycles. The van der Waals surface area contributed by atoms with Crippen molar-refractivity contribution in [3.05, 3.63) is 53.6 Å². The molecule has 0 radical (unpaired) electrons. The summed E-state index contributed by atoms with van der Waals surface area (Å²) in [4.78, 5) is 13.7. The van der Waals surface area contributed by atoms with Crippen LogP contribution in [0.5, 0.6) is 0 Å². The summed E-state index contributed by atoms with van der Waals surface area (Å²) >= 11 is 0. The summed E-state index contributed by atoms with van der Waals surface area (Å²) in [6.07, 6.45) is 10.4. The average Bonchev–Trinajstić information content (AvgIpc) is 2.78. The van der Waals surface area contributed by atoms with E-state index in [-0.39, 0.29) is 11.7 Å². The van der Waals surface area contributed by atoms with Crippen LogP contribution in [-0.4, -0.2) is 31.5 Å². The Kier molecular flexibility index (Phi) is 6.88. The summed E-state index contributed by atoms with van der Waals surface area (Å²) in [6, 6.07) is 7.15. The summed E-state index contributed by atoms with van der Waals surface area (Å²) in [6.45, 7) is 6.02. The van der Waals surface area contributed by atoms with Gasteiger partial charge in [-0.1, -0.05) is 32.5 Å². The molecule has 3 rings (SSSR count). The monoisotopic (exact) mass is 427 g/mol. The Balaban J connectivity index is 2.16. The van der Waals surface area contributed by atoms with E-state index in [4.69, 9.17) is 17.1 Å². The minimum absolute atomic E-state index is 0.166. The van der Waals surface area contributed by atoms with Gasteiger partial charge < -0.3 is 11.1 Å². The van der Waals surface area contributed by atoms with Crippen LogP contribution in [0.15, 0.2) is 41.7 Å². The van der Waals surface area contributed by atoms with Gasteiger partial charge in [0, 0.05) is 29.0 Å². The number of nitrogens with one attached hydrogen (secondary N) is 1. The molecule has 162 valence electrons. The lowest BCUT2D eigenvalue weighted by Crippen LogP contribution is -2.39. The third kappa shape index (κ3) is 4.34. The van der Waals surface area contributed by atoms with Gasteiger partial charge in [0.1, 0.15) is 27.0 Å². The summed E-state index contributed by atoms with van der Waals surface area (Å²) in [5.41, 5.74) is 8.73. The summed E-state index contributed by atoms with van der Waals surface area (Å²) in [5, 5.41) is 4.11. The van der Waals surface area contributed by atoms with E-state index in [9.17, 15) is 0 Å². The molecular weight excluding hydrogens is 399 g/mol. The van der Waals surface area contributed by atoms with Crippen LogP contribution in [0, 0.1) is 24.1 Å². The smallest absolute Gasteiger partial charge is 0.156 e. The third-order valence-corrected chi connectivity index (χ3v) is 6.18. The normalized spacial score (nSPS) is 14.5. The van der Waals surface area contributed by atoms with Gasteiger partial charge in [0.25, 0.3) is 0 Å². The average molecular weight is 427 g/mol. The Labute approximate surface area is 191 Å². The van der Waals surface area contributed by atoms with Crippen molar-refractivity contribution in [2.75, 3.05) is 5.32 Å². The molecule has 32 heavy (non-hydrogen) atoms. The number of benzene rings is 1. The van der Waals surface area contributed by atoms with Gasteiger partial charge in [0.05, 0.1) is 11.4 Å². The Morgan fingerprint density at radius 3 is 2.75 bits per heavy atom. The van der Waals surface area contributed by atoms with Gasteiger partial charge in [-0.25, -0.2) is 9.37 Å². The van der Waals surface area contributed by atoms with Crippen molar-refractivity contribution in [1.82, 2.24) is 9.97 Å². The van der Waals surface area contributed by atoms with Gasteiger partial charge in [-0.05, 0) is 48.1 Å². The number of nitrogens with two attached hydrogens (primary N) is 1. The van der Waals surface area contributed by atoms with Crippen molar-refractivity contribution in [1.29, 1.82) is 0 Å². The zero-order chi connectivity index (χ0) is 23.5. The molecule has 0 aliphatic rings. The van der Waals surface area contributed by atoms with Crippen LogP contribution in [0.1, 0.15) is 38.3 Å². The number of aliphatic imine (C=N–C) groups is 1. The van der Waals surface area contributed by atoms with Crippen LogP contribution in [0.25, 0.3) is 10.9 Å². The first-order valence-corrected chi connectivity index (χ1v) is 10.9. The maximum Gasteiger partial charge on any atom is 0.156 e. The number of anilines is 2. The van der Waals surface area contributed by atoms with E-state index in [1.54, 1.807) is 27.2 Å². The molecule has 2 atom stereocenters. The number of halogens is 1. The second-order valence-corrected chi connectivity index (χ2v) is 8.20. The number of amidine groups is 1. The lowest BCUT2D eigenvalue weighted by Gasteiger charge is -2.37. The number of fused-ring (bicyclic) bond motifs is 1. The van der Waals surface area contributed by atoms with E-state index in [0.717, 1.165) is 17.4 Å². The van der Waals surface area contributed by atoms with Crippen molar-refractivity contribution in [3.63, 3.8) is 0 Å². The molecule has 0 amide bonds. The van der Waals surface area contributed by atoms with E-state index in [1.165, 1.54) is 6.07 Å². The van der Waals surface area contributed by atoms with Crippen molar-refractivity contribution in [3.8, 4) is 12.3 Å². The fraction of sp³-hybridized carbons (Fsp3) is 0.292. The lowest BCUT2D eigenvalue weighted by molar-refractivity contribution is 0.320. The third-order valence-electron chi connectivity index (χ3n) is 6.18. The molecule has 2 heterocycles. The highest BCUT2D eigenvalue weighted by Gasteiger charge is 2.37. The van der Waals surface area contributed by atoms with Crippen molar-refractivity contribution < 1.29 is 4.39 Å². The number of nitrogens with zero attached hydrogens (tertiary/aromatic N) is 3. The molecule has 0 fully saturated rings. The topological polar surface area (TPSA) is 76.2 Å². The molecule has 1 aromatic carbocycles. The number of terminal acetylenes is 1. The van der Waals surface area contributed by atoms with Crippen LogP contribution < -0.4 is 16.5 Å². The second kappa shape index (κ2) is 9.44. The number of pyridine rings is 2. The zero-order valence-corrected chi connectivity index (χ0v) is 19.3. The van der Waals surface area contributed by atoms with Crippen LogP contribution in [-0.2, 0) is 5.54 Å². The van der Waals surface area contributed by atoms with Crippen molar-refractivity contribution in [2.24, 2.45) is 16.6 Å². The highest BCUT2D eigenvalue weighted by atomic mass is 19.1. The first-order chi connectivity index (χ1) is 15.2. The Morgan fingerprint density at radius 2 is 2.12 bits per heavy atom. The van der Waals surface area contributed by atoms with Gasteiger partial charge in [-0.15, -0.1) is 6.42 Å². The van der Waals surface area contributed by atoms with E-state index >= 15 is 4.39 Å². The van der Waals surface area contributed by atoms with Crippen LogP contribution >= 0.6 is 0 Å². The lowest BCUT2D eigenvalue weighted by atomic mass is 9.66. The van der Waals surface area contributed by atoms with E-state index in [2.05, 4.69) is 42.9 Å². The molecule has 2 aromatic heterocycles. The largest absolute Gasteiger partial charge is 0.388 e. The summed E-state index contributed by atoms with van der Waals surface area (Å²) in [7, 11) is 3.86. The molecule has 0 unspecified atom stereocenters. The minimum Gasteiger partial charge on any atom is -0.388 e. The molecule has 8 heteroatoms. The van der Waals surface area contributed by atoms with E-state index < -0.39 is 5.54 Å². The molecule has 0 aliphatic heterocycles. The molecule has 0 aliphatic carbocycles. The highest BCUT2D eigenvalue weighted by Crippen LogP contribution is 2.40. The van der Waals surface area contributed by atoms with Gasteiger partial charge in [0.15, 0.2) is 5.82 Å². The minimum atomic E-state index is -0.623. The van der Waals surface area contributed by atoms with Crippen LogP contribution in [0.2, 0.25) is 6.32 Å². The first kappa shape index (κ1) is 23.3. The van der Waals surface area contributed by atoms with Crippen LogP contribution in [0.4, 0.5) is 15.9 Å². The van der Waals surface area contributed by atoms with Gasteiger partial charge in [0.2, 0.25) is 0 Å².